The first-order valence-electron chi connectivity index (χ1n) is 10.3. The van der Waals surface area contributed by atoms with Gasteiger partial charge in [0.25, 0.3) is 0 Å². The number of aryl methyl sites for hydroxylation is 1. The monoisotopic (exact) mass is 466 g/mol. The maximum Gasteiger partial charge on any atom is 0.319 e. The van der Waals surface area contributed by atoms with Crippen LogP contribution >= 0.6 is 0 Å². The van der Waals surface area contributed by atoms with Crippen molar-refractivity contribution in [1.29, 1.82) is 0 Å². The van der Waals surface area contributed by atoms with E-state index in [1.54, 1.807) is 36.4 Å². The highest BCUT2D eigenvalue weighted by Crippen LogP contribution is 2.24. The molecule has 0 saturated heterocycles. The molecule has 0 unspecified atom stereocenters. The van der Waals surface area contributed by atoms with E-state index in [-0.39, 0.29) is 48.5 Å². The lowest BCUT2D eigenvalue weighted by atomic mass is 10.2. The molecule has 0 aliphatic heterocycles. The molecule has 2 aromatic heterocycles. The number of benzene rings is 2. The van der Waals surface area contributed by atoms with Crippen LogP contribution in [0.25, 0.3) is 11.3 Å². The van der Waals surface area contributed by atoms with E-state index in [2.05, 4.69) is 20.9 Å². The fourth-order valence-corrected chi connectivity index (χ4v) is 3.08. The first kappa shape index (κ1) is 22.7. The Morgan fingerprint density at radius 2 is 1.74 bits per heavy atom. The second-order valence-corrected chi connectivity index (χ2v) is 7.25. The van der Waals surface area contributed by atoms with E-state index in [1.165, 1.54) is 18.5 Å². The number of carbonyl (C=O) groups is 2. The highest BCUT2D eigenvalue weighted by molar-refractivity contribution is 5.92. The topological polar surface area (TPSA) is 109 Å². The minimum atomic E-state index is -0.756. The third-order valence-corrected chi connectivity index (χ3v) is 4.75. The molecule has 0 radical (unpaired) electrons. The van der Waals surface area contributed by atoms with E-state index in [0.29, 0.717) is 17.1 Å². The summed E-state index contributed by atoms with van der Waals surface area (Å²) in [6.07, 6.45) is 3.14. The summed E-state index contributed by atoms with van der Waals surface area (Å²) in [6, 6.07) is 12.9. The van der Waals surface area contributed by atoms with E-state index in [1.807, 2.05) is 0 Å². The summed E-state index contributed by atoms with van der Waals surface area (Å²) in [5.41, 5.74) is 1.19. The number of carbonyl (C=O) groups excluding carboxylic acids is 2. The van der Waals surface area contributed by atoms with Gasteiger partial charge in [-0.1, -0.05) is 0 Å². The van der Waals surface area contributed by atoms with Gasteiger partial charge in [-0.3, -0.25) is 4.79 Å². The Morgan fingerprint density at radius 3 is 2.44 bits per heavy atom. The van der Waals surface area contributed by atoms with Gasteiger partial charge >= 0.3 is 6.03 Å². The van der Waals surface area contributed by atoms with Gasteiger partial charge in [-0.05, 0) is 48.5 Å². The lowest BCUT2D eigenvalue weighted by Crippen LogP contribution is -2.27. The summed E-state index contributed by atoms with van der Waals surface area (Å²) < 4.78 is 37.6. The van der Waals surface area contributed by atoms with E-state index in [4.69, 9.17) is 8.83 Å². The largest absolute Gasteiger partial charge is 0.467 e. The molecule has 0 atom stereocenters. The zero-order valence-electron chi connectivity index (χ0n) is 17.8. The molecule has 3 amide bonds. The van der Waals surface area contributed by atoms with Crippen molar-refractivity contribution in [2.24, 2.45) is 0 Å². The molecule has 0 aliphatic rings. The van der Waals surface area contributed by atoms with Gasteiger partial charge in [0.05, 0.1) is 24.6 Å². The molecule has 3 N–H and O–H groups in total. The summed E-state index contributed by atoms with van der Waals surface area (Å²) in [5, 5.41) is 8.09. The number of amides is 3. The molecule has 0 spiro atoms. The lowest BCUT2D eigenvalue weighted by Gasteiger charge is -2.08. The molecular weight excluding hydrogens is 446 g/mol. The summed E-state index contributed by atoms with van der Waals surface area (Å²) >= 11 is 0. The number of nitrogens with zero attached hydrogens (tertiary/aromatic N) is 1. The second-order valence-electron chi connectivity index (χ2n) is 7.25. The average molecular weight is 466 g/mol. The van der Waals surface area contributed by atoms with Gasteiger partial charge in [-0.15, -0.1) is 0 Å². The molecule has 2 aromatic carbocycles. The molecule has 34 heavy (non-hydrogen) atoms. The van der Waals surface area contributed by atoms with E-state index in [9.17, 15) is 18.4 Å². The molecule has 8 nitrogen and oxygen atoms in total. The maximum atomic E-state index is 13.9. The highest BCUT2D eigenvalue weighted by atomic mass is 19.1. The molecule has 4 rings (SSSR count). The Balaban J connectivity index is 1.23. The fourth-order valence-electron chi connectivity index (χ4n) is 3.08. The molecule has 10 heteroatoms. The van der Waals surface area contributed by atoms with Crippen LogP contribution in [0.4, 0.5) is 25.0 Å². The van der Waals surface area contributed by atoms with Crippen molar-refractivity contribution in [2.75, 3.05) is 10.6 Å². The molecule has 0 fully saturated rings. The van der Waals surface area contributed by atoms with Crippen LogP contribution in [-0.2, 0) is 17.8 Å². The van der Waals surface area contributed by atoms with Crippen molar-refractivity contribution in [3.8, 4) is 11.3 Å². The zero-order valence-corrected chi connectivity index (χ0v) is 17.8. The molecule has 0 aliphatic carbocycles. The molecule has 0 saturated carbocycles. The third kappa shape index (κ3) is 6.06. The van der Waals surface area contributed by atoms with Crippen molar-refractivity contribution < 1.29 is 27.2 Å². The number of halogens is 2. The Kier molecular flexibility index (Phi) is 6.97. The number of hydrogen-bond acceptors (Lipinski definition) is 5. The summed E-state index contributed by atoms with van der Waals surface area (Å²) in [7, 11) is 0. The molecular formula is C24H20F2N4O4. The van der Waals surface area contributed by atoms with Crippen molar-refractivity contribution in [3.63, 3.8) is 0 Å². The zero-order chi connectivity index (χ0) is 23.9. The number of aromatic nitrogens is 1. The highest BCUT2D eigenvalue weighted by Gasteiger charge is 2.13. The lowest BCUT2D eigenvalue weighted by molar-refractivity contribution is -0.116. The van der Waals surface area contributed by atoms with Gasteiger partial charge in [-0.25, -0.2) is 18.6 Å². The Morgan fingerprint density at radius 1 is 0.971 bits per heavy atom. The predicted molar refractivity (Wildman–Crippen MR) is 120 cm³/mol. The number of anilines is 2. The van der Waals surface area contributed by atoms with Gasteiger partial charge in [0.2, 0.25) is 5.91 Å². The fraction of sp³-hybridized carbons (Fsp3) is 0.125. The first-order valence-corrected chi connectivity index (χ1v) is 10.3. The number of oxazole rings is 1. The molecule has 4 aromatic rings. The quantitative estimate of drug-likeness (QED) is 0.335. The Hall–Kier alpha value is -4.47. The van der Waals surface area contributed by atoms with Crippen molar-refractivity contribution in [3.05, 3.63) is 90.3 Å². The number of nitrogens with one attached hydrogen (secondary N) is 3. The van der Waals surface area contributed by atoms with Crippen LogP contribution in [0.15, 0.2) is 75.9 Å². The Bertz CT molecular complexity index is 1270. The first-order chi connectivity index (χ1) is 16.5. The minimum Gasteiger partial charge on any atom is -0.467 e. The van der Waals surface area contributed by atoms with Gasteiger partial charge < -0.3 is 24.8 Å². The summed E-state index contributed by atoms with van der Waals surface area (Å²) in [6.45, 7) is 0.262. The van der Waals surface area contributed by atoms with E-state index in [0.717, 1.165) is 12.1 Å². The SMILES string of the molecule is O=C(CCc1ncc(-c2ccc(F)cc2F)o1)Nc1ccc(NC(=O)NCc2ccco2)cc1. The van der Waals surface area contributed by atoms with Crippen LogP contribution in [-0.4, -0.2) is 16.9 Å². The van der Waals surface area contributed by atoms with Gasteiger partial charge in [0.15, 0.2) is 11.7 Å². The van der Waals surface area contributed by atoms with E-state index >= 15 is 0 Å². The van der Waals surface area contributed by atoms with Crippen LogP contribution in [0.2, 0.25) is 0 Å². The normalized spacial score (nSPS) is 10.6. The van der Waals surface area contributed by atoms with Crippen molar-refractivity contribution in [1.82, 2.24) is 10.3 Å². The van der Waals surface area contributed by atoms with Crippen LogP contribution in [0.3, 0.4) is 0 Å². The van der Waals surface area contributed by atoms with Crippen LogP contribution in [0, 0.1) is 11.6 Å². The van der Waals surface area contributed by atoms with Gasteiger partial charge in [0, 0.05) is 30.3 Å². The summed E-state index contributed by atoms with van der Waals surface area (Å²) in [4.78, 5) is 28.2. The standard InChI is InChI=1S/C24H20F2N4O4/c25-15-3-8-19(20(26)12-15)21-14-27-23(34-21)10-9-22(31)29-16-4-6-17(7-5-16)30-24(32)28-13-18-2-1-11-33-18/h1-8,11-12,14H,9-10,13H2,(H,29,31)(H2,28,30,32). The van der Waals surface area contributed by atoms with Crippen LogP contribution in [0.1, 0.15) is 18.1 Å². The third-order valence-electron chi connectivity index (χ3n) is 4.75. The second kappa shape index (κ2) is 10.4. The van der Waals surface area contributed by atoms with Crippen molar-refractivity contribution in [2.45, 2.75) is 19.4 Å². The average Bonchev–Trinajstić information content (AvgIpc) is 3.50. The predicted octanol–water partition coefficient (Wildman–Crippen LogP) is 5.11. The number of urea groups is 1. The van der Waals surface area contributed by atoms with Crippen LogP contribution in [0.5, 0.6) is 0 Å². The van der Waals surface area contributed by atoms with Gasteiger partial charge in [0.1, 0.15) is 17.4 Å². The molecule has 174 valence electrons. The number of hydrogen-bond donors (Lipinski definition) is 3. The molecule has 2 heterocycles. The van der Waals surface area contributed by atoms with Gasteiger partial charge in [-0.2, -0.15) is 0 Å². The van der Waals surface area contributed by atoms with Crippen LogP contribution < -0.4 is 16.0 Å². The Labute approximate surface area is 193 Å². The minimum absolute atomic E-state index is 0.0844. The molecule has 0 bridgehead atoms. The van der Waals surface area contributed by atoms with E-state index < -0.39 is 11.6 Å². The number of rotatable bonds is 8. The number of furan rings is 1. The maximum absolute atomic E-state index is 13.9. The van der Waals surface area contributed by atoms with Crippen molar-refractivity contribution >= 4 is 23.3 Å². The summed E-state index contributed by atoms with van der Waals surface area (Å²) in [5.74, 6) is -0.664. The smallest absolute Gasteiger partial charge is 0.319 e.